The Morgan fingerprint density at radius 1 is 0.839 bits per heavy atom. The molecule has 0 aliphatic heterocycles. The Bertz CT molecular complexity index is 696. The third-order valence-electron chi connectivity index (χ3n) is 5.52. The van der Waals surface area contributed by atoms with Gasteiger partial charge in [0.25, 0.3) is 0 Å². The number of ether oxygens (including phenoxy) is 1. The molecule has 0 saturated heterocycles. The summed E-state index contributed by atoms with van der Waals surface area (Å²) in [6, 6.07) is 3.62. The Morgan fingerprint density at radius 2 is 1.45 bits per heavy atom. The van der Waals surface area contributed by atoms with Crippen LogP contribution in [0.15, 0.2) is 30.9 Å². The molecule has 2 heterocycles. The normalized spacial score (nSPS) is 10.9. The summed E-state index contributed by atoms with van der Waals surface area (Å²) in [5.74, 6) is 1.58. The zero-order valence-electron chi connectivity index (χ0n) is 19.3. The number of nitrogens with two attached hydrogens (primary N) is 1. The lowest BCUT2D eigenvalue weighted by Gasteiger charge is -2.11. The van der Waals surface area contributed by atoms with Gasteiger partial charge in [-0.3, -0.25) is 4.98 Å². The fourth-order valence-corrected chi connectivity index (χ4v) is 3.65. The second-order valence-corrected chi connectivity index (χ2v) is 8.25. The van der Waals surface area contributed by atoms with Gasteiger partial charge in [0.2, 0.25) is 5.88 Å². The van der Waals surface area contributed by atoms with Crippen LogP contribution in [0.4, 0.5) is 11.5 Å². The Labute approximate surface area is 188 Å². The topological polar surface area (TPSA) is 86.0 Å². The zero-order valence-corrected chi connectivity index (χ0v) is 19.3. The number of nitrogens with one attached hydrogen (secondary N) is 1. The molecule has 3 N–H and O–H groups in total. The van der Waals surface area contributed by atoms with Crippen molar-refractivity contribution in [3.05, 3.63) is 30.9 Å². The number of unbranched alkanes of at least 4 members (excludes halogenated alkanes) is 13. The quantitative estimate of drug-likeness (QED) is 0.246. The molecule has 0 unspecified atom stereocenters. The molecular formula is C25H41N5O. The van der Waals surface area contributed by atoms with E-state index >= 15 is 0 Å². The van der Waals surface area contributed by atoms with Crippen LogP contribution in [0.3, 0.4) is 0 Å². The number of aromatic nitrogens is 3. The van der Waals surface area contributed by atoms with Gasteiger partial charge in [0.05, 0.1) is 6.20 Å². The maximum Gasteiger partial charge on any atom is 0.248 e. The minimum atomic E-state index is 0.353. The molecule has 6 nitrogen and oxygen atoms in total. The molecule has 0 atom stereocenters. The van der Waals surface area contributed by atoms with E-state index < -0.39 is 0 Å². The fourth-order valence-electron chi connectivity index (χ4n) is 3.65. The first kappa shape index (κ1) is 24.9. The number of nitrogens with zero attached hydrogens (tertiary/aromatic N) is 3. The number of anilines is 2. The lowest BCUT2D eigenvalue weighted by Crippen LogP contribution is -2.08. The molecule has 0 spiro atoms. The van der Waals surface area contributed by atoms with Crippen molar-refractivity contribution >= 4 is 11.5 Å². The smallest absolute Gasteiger partial charge is 0.248 e. The lowest BCUT2D eigenvalue weighted by atomic mass is 10.0. The van der Waals surface area contributed by atoms with Gasteiger partial charge in [-0.25, -0.2) is 4.98 Å². The summed E-state index contributed by atoms with van der Waals surface area (Å²) in [7, 11) is 0. The number of nitrogen functional groups attached to an aromatic ring is 1. The van der Waals surface area contributed by atoms with E-state index in [0.717, 1.165) is 13.0 Å². The van der Waals surface area contributed by atoms with Crippen LogP contribution in [-0.2, 0) is 0 Å². The highest BCUT2D eigenvalue weighted by Crippen LogP contribution is 2.28. The Hall–Kier alpha value is -2.37. The Kier molecular flexibility index (Phi) is 13.1. The summed E-state index contributed by atoms with van der Waals surface area (Å²) in [6.07, 6.45) is 23.8. The van der Waals surface area contributed by atoms with Gasteiger partial charge in [0.1, 0.15) is 17.8 Å². The van der Waals surface area contributed by atoms with Crippen LogP contribution in [0.2, 0.25) is 0 Å². The molecule has 0 radical (unpaired) electrons. The standard InChI is InChI=1S/C25H41N5O/c1-2-3-4-5-6-7-8-9-10-11-12-13-14-15-19-28-24-23(26)25(30-21-29-24)31-22-17-16-18-27-20-22/h16-18,20-21H,2-15,19,26H2,1H3,(H,28,29,30). The van der Waals surface area contributed by atoms with Crippen LogP contribution >= 0.6 is 0 Å². The number of pyridine rings is 1. The molecule has 2 aromatic heterocycles. The van der Waals surface area contributed by atoms with E-state index in [1.165, 1.54) is 89.8 Å². The average molecular weight is 428 g/mol. The van der Waals surface area contributed by atoms with Crippen LogP contribution < -0.4 is 15.8 Å². The second kappa shape index (κ2) is 16.3. The molecule has 0 aliphatic carbocycles. The molecule has 0 aliphatic rings. The van der Waals surface area contributed by atoms with Gasteiger partial charge in [-0.1, -0.05) is 90.4 Å². The van der Waals surface area contributed by atoms with Gasteiger partial charge in [0, 0.05) is 12.7 Å². The number of hydrogen-bond donors (Lipinski definition) is 2. The van der Waals surface area contributed by atoms with Gasteiger partial charge in [-0.05, 0) is 18.6 Å². The minimum absolute atomic E-state index is 0.353. The molecule has 31 heavy (non-hydrogen) atoms. The molecule has 0 amide bonds. The summed E-state index contributed by atoms with van der Waals surface area (Å²) in [5, 5.41) is 3.31. The average Bonchev–Trinajstić information content (AvgIpc) is 2.79. The molecule has 0 bridgehead atoms. The van der Waals surface area contributed by atoms with Crippen LogP contribution in [-0.4, -0.2) is 21.5 Å². The first-order valence-electron chi connectivity index (χ1n) is 12.2. The molecule has 172 valence electrons. The highest BCUT2D eigenvalue weighted by atomic mass is 16.5. The maximum atomic E-state index is 6.16. The first-order chi connectivity index (χ1) is 15.3. The van der Waals surface area contributed by atoms with Crippen LogP contribution in [0.25, 0.3) is 0 Å². The van der Waals surface area contributed by atoms with E-state index in [9.17, 15) is 0 Å². The van der Waals surface area contributed by atoms with Crippen molar-refractivity contribution in [2.45, 2.75) is 96.8 Å². The third-order valence-corrected chi connectivity index (χ3v) is 5.52. The Morgan fingerprint density at radius 3 is 2.03 bits per heavy atom. The molecule has 0 aromatic carbocycles. The zero-order chi connectivity index (χ0) is 22.0. The van der Waals surface area contributed by atoms with Gasteiger partial charge in [0.15, 0.2) is 5.82 Å². The van der Waals surface area contributed by atoms with E-state index in [0.29, 0.717) is 23.1 Å². The number of rotatable bonds is 18. The highest BCUT2D eigenvalue weighted by Gasteiger charge is 2.10. The predicted octanol–water partition coefficient (Wildman–Crippen LogP) is 7.14. The first-order valence-corrected chi connectivity index (χ1v) is 12.2. The Balaban J connectivity index is 1.47. The van der Waals surface area contributed by atoms with E-state index in [4.69, 9.17) is 10.5 Å². The maximum absolute atomic E-state index is 6.16. The summed E-state index contributed by atoms with van der Waals surface area (Å²) in [5.41, 5.74) is 6.59. The molecular weight excluding hydrogens is 386 g/mol. The molecule has 2 rings (SSSR count). The van der Waals surface area contributed by atoms with Crippen molar-refractivity contribution in [3.8, 4) is 11.6 Å². The summed E-state index contributed by atoms with van der Waals surface area (Å²) in [6.45, 7) is 3.13. The summed E-state index contributed by atoms with van der Waals surface area (Å²) < 4.78 is 5.70. The van der Waals surface area contributed by atoms with E-state index in [1.54, 1.807) is 12.4 Å². The third kappa shape index (κ3) is 11.0. The monoisotopic (exact) mass is 427 g/mol. The summed E-state index contributed by atoms with van der Waals surface area (Å²) >= 11 is 0. The van der Waals surface area contributed by atoms with E-state index in [2.05, 4.69) is 27.2 Å². The fraction of sp³-hybridized carbons (Fsp3) is 0.640. The van der Waals surface area contributed by atoms with Crippen molar-refractivity contribution in [1.29, 1.82) is 0 Å². The second-order valence-electron chi connectivity index (χ2n) is 8.25. The largest absolute Gasteiger partial charge is 0.435 e. The summed E-state index contributed by atoms with van der Waals surface area (Å²) in [4.78, 5) is 12.4. The van der Waals surface area contributed by atoms with Crippen molar-refractivity contribution < 1.29 is 4.74 Å². The van der Waals surface area contributed by atoms with Crippen molar-refractivity contribution in [2.75, 3.05) is 17.6 Å². The molecule has 0 fully saturated rings. The minimum Gasteiger partial charge on any atom is -0.435 e. The van der Waals surface area contributed by atoms with E-state index in [-0.39, 0.29) is 0 Å². The van der Waals surface area contributed by atoms with Gasteiger partial charge >= 0.3 is 0 Å². The predicted molar refractivity (Wildman–Crippen MR) is 130 cm³/mol. The van der Waals surface area contributed by atoms with Crippen LogP contribution in [0.5, 0.6) is 11.6 Å². The van der Waals surface area contributed by atoms with Gasteiger partial charge < -0.3 is 15.8 Å². The lowest BCUT2D eigenvalue weighted by molar-refractivity contribution is 0.462. The number of hydrogen-bond acceptors (Lipinski definition) is 6. The van der Waals surface area contributed by atoms with E-state index in [1.807, 2.05) is 12.1 Å². The van der Waals surface area contributed by atoms with Gasteiger partial charge in [-0.15, -0.1) is 0 Å². The van der Waals surface area contributed by atoms with Crippen LogP contribution in [0, 0.1) is 0 Å². The van der Waals surface area contributed by atoms with Crippen molar-refractivity contribution in [2.24, 2.45) is 0 Å². The van der Waals surface area contributed by atoms with Crippen molar-refractivity contribution in [3.63, 3.8) is 0 Å². The molecule has 2 aromatic rings. The van der Waals surface area contributed by atoms with Gasteiger partial charge in [-0.2, -0.15) is 4.98 Å². The highest BCUT2D eigenvalue weighted by molar-refractivity contribution is 5.66. The molecule has 6 heteroatoms. The SMILES string of the molecule is CCCCCCCCCCCCCCCCNc1ncnc(Oc2cccnc2)c1N. The van der Waals surface area contributed by atoms with Crippen LogP contribution in [0.1, 0.15) is 96.8 Å². The van der Waals surface area contributed by atoms with Crippen molar-refractivity contribution in [1.82, 2.24) is 15.0 Å². The molecule has 0 saturated carbocycles.